The predicted octanol–water partition coefficient (Wildman–Crippen LogP) is 5.48. The lowest BCUT2D eigenvalue weighted by Gasteiger charge is -2.14. The first-order valence-electron chi connectivity index (χ1n) is 7.41. The standard InChI is InChI=1S/C19H15BrN2/c20-15-12-10-14(11-13-15)19-21-17-8-4-5-9-18(17)22(19)16-6-2-1-3-7-16/h1-10,12H,11,13H2. The zero-order valence-corrected chi connectivity index (χ0v) is 13.6. The molecule has 0 unspecified atom stereocenters. The van der Waals surface area contributed by atoms with Crippen LogP contribution in [-0.4, -0.2) is 9.55 Å². The average Bonchev–Trinajstić information content (AvgIpc) is 2.96. The van der Waals surface area contributed by atoms with E-state index in [4.69, 9.17) is 4.98 Å². The van der Waals surface area contributed by atoms with Gasteiger partial charge >= 0.3 is 0 Å². The van der Waals surface area contributed by atoms with Gasteiger partial charge < -0.3 is 0 Å². The van der Waals surface area contributed by atoms with Crippen molar-refractivity contribution in [1.82, 2.24) is 9.55 Å². The summed E-state index contributed by atoms with van der Waals surface area (Å²) >= 11 is 3.58. The van der Waals surface area contributed by atoms with Crippen molar-refractivity contribution in [2.75, 3.05) is 0 Å². The Kier molecular flexibility index (Phi) is 3.43. The molecule has 0 fully saturated rings. The van der Waals surface area contributed by atoms with Crippen LogP contribution in [0.5, 0.6) is 0 Å². The maximum Gasteiger partial charge on any atom is 0.141 e. The molecule has 0 aliphatic heterocycles. The Morgan fingerprint density at radius 1 is 0.864 bits per heavy atom. The summed E-state index contributed by atoms with van der Waals surface area (Å²) in [5.41, 5.74) is 4.62. The van der Waals surface area contributed by atoms with Gasteiger partial charge in [0, 0.05) is 5.69 Å². The number of aromatic nitrogens is 2. The van der Waals surface area contributed by atoms with Crippen molar-refractivity contribution < 1.29 is 0 Å². The Hall–Kier alpha value is -2.13. The van der Waals surface area contributed by atoms with E-state index in [0.717, 1.165) is 35.4 Å². The van der Waals surface area contributed by atoms with Crippen molar-refractivity contribution in [3.63, 3.8) is 0 Å². The largest absolute Gasteiger partial charge is 0.293 e. The first-order chi connectivity index (χ1) is 10.8. The van der Waals surface area contributed by atoms with Crippen LogP contribution in [0.4, 0.5) is 0 Å². The molecule has 0 bridgehead atoms. The maximum absolute atomic E-state index is 4.89. The van der Waals surface area contributed by atoms with Gasteiger partial charge in [-0.3, -0.25) is 4.57 Å². The molecule has 3 aromatic rings. The van der Waals surface area contributed by atoms with E-state index in [0.29, 0.717) is 0 Å². The number of imidazole rings is 1. The highest BCUT2D eigenvalue weighted by molar-refractivity contribution is 9.11. The van der Waals surface area contributed by atoms with Crippen LogP contribution in [0, 0.1) is 0 Å². The number of benzene rings is 2. The summed E-state index contributed by atoms with van der Waals surface area (Å²) in [6.45, 7) is 0. The number of fused-ring (bicyclic) bond motifs is 1. The molecule has 1 aliphatic rings. The highest BCUT2D eigenvalue weighted by atomic mass is 79.9. The number of halogens is 1. The molecular weight excluding hydrogens is 336 g/mol. The summed E-state index contributed by atoms with van der Waals surface area (Å²) in [7, 11) is 0. The zero-order chi connectivity index (χ0) is 14.9. The van der Waals surface area contributed by atoms with Crippen LogP contribution in [0.25, 0.3) is 22.3 Å². The summed E-state index contributed by atoms with van der Waals surface area (Å²) in [6, 6.07) is 18.8. The van der Waals surface area contributed by atoms with Crippen molar-refractivity contribution >= 4 is 32.5 Å². The number of hydrogen-bond acceptors (Lipinski definition) is 1. The van der Waals surface area contributed by atoms with Crippen molar-refractivity contribution in [3.05, 3.63) is 77.1 Å². The molecule has 0 saturated heterocycles. The first-order valence-corrected chi connectivity index (χ1v) is 8.21. The minimum atomic E-state index is 1.01. The van der Waals surface area contributed by atoms with Gasteiger partial charge in [-0.05, 0) is 47.2 Å². The molecule has 0 saturated carbocycles. The van der Waals surface area contributed by atoms with E-state index in [1.54, 1.807) is 0 Å². The van der Waals surface area contributed by atoms with Crippen molar-refractivity contribution in [2.45, 2.75) is 12.8 Å². The fourth-order valence-corrected chi connectivity index (χ4v) is 3.21. The number of allylic oxidation sites excluding steroid dienone is 4. The third kappa shape index (κ3) is 2.32. The van der Waals surface area contributed by atoms with Gasteiger partial charge in [0.1, 0.15) is 5.82 Å². The lowest BCUT2D eigenvalue weighted by molar-refractivity contribution is 0.976. The number of rotatable bonds is 2. The van der Waals surface area contributed by atoms with Gasteiger partial charge in [0.15, 0.2) is 0 Å². The van der Waals surface area contributed by atoms with Gasteiger partial charge in [-0.2, -0.15) is 0 Å². The van der Waals surface area contributed by atoms with E-state index >= 15 is 0 Å². The molecule has 1 aromatic heterocycles. The Labute approximate surface area is 137 Å². The lowest BCUT2D eigenvalue weighted by atomic mass is 10.0. The van der Waals surface area contributed by atoms with Crippen LogP contribution in [-0.2, 0) is 0 Å². The average molecular weight is 351 g/mol. The zero-order valence-electron chi connectivity index (χ0n) is 12.0. The predicted molar refractivity (Wildman–Crippen MR) is 95.3 cm³/mol. The molecule has 108 valence electrons. The fourth-order valence-electron chi connectivity index (χ4n) is 2.88. The minimum absolute atomic E-state index is 1.01. The molecule has 0 N–H and O–H groups in total. The minimum Gasteiger partial charge on any atom is -0.293 e. The van der Waals surface area contributed by atoms with E-state index in [-0.39, 0.29) is 0 Å². The van der Waals surface area contributed by atoms with E-state index in [2.05, 4.69) is 75.1 Å². The lowest BCUT2D eigenvalue weighted by Crippen LogP contribution is -2.02. The van der Waals surface area contributed by atoms with Crippen LogP contribution in [0.3, 0.4) is 0 Å². The van der Waals surface area contributed by atoms with E-state index in [1.165, 1.54) is 10.1 Å². The summed E-state index contributed by atoms with van der Waals surface area (Å²) < 4.78 is 3.51. The van der Waals surface area contributed by atoms with Gasteiger partial charge in [-0.15, -0.1) is 0 Å². The quantitative estimate of drug-likeness (QED) is 0.598. The molecule has 22 heavy (non-hydrogen) atoms. The second-order valence-electron chi connectivity index (χ2n) is 5.40. The second-order valence-corrected chi connectivity index (χ2v) is 6.42. The molecular formula is C19H15BrN2. The van der Waals surface area contributed by atoms with E-state index < -0.39 is 0 Å². The normalized spacial score (nSPS) is 14.8. The third-order valence-corrected chi connectivity index (χ3v) is 4.62. The molecule has 0 spiro atoms. The van der Waals surface area contributed by atoms with Crippen molar-refractivity contribution in [3.8, 4) is 5.69 Å². The molecule has 1 heterocycles. The first kappa shape index (κ1) is 13.5. The summed E-state index contributed by atoms with van der Waals surface area (Å²) in [5.74, 6) is 1.05. The van der Waals surface area contributed by atoms with Crippen LogP contribution < -0.4 is 0 Å². The van der Waals surface area contributed by atoms with Crippen LogP contribution in [0.15, 0.2) is 71.2 Å². The van der Waals surface area contributed by atoms with Gasteiger partial charge in [0.25, 0.3) is 0 Å². The van der Waals surface area contributed by atoms with Gasteiger partial charge in [-0.25, -0.2) is 4.98 Å². The monoisotopic (exact) mass is 350 g/mol. The maximum atomic E-state index is 4.89. The van der Waals surface area contributed by atoms with E-state index in [1.807, 2.05) is 12.1 Å². The van der Waals surface area contributed by atoms with Crippen LogP contribution in [0.2, 0.25) is 0 Å². The Balaban J connectivity index is 1.99. The van der Waals surface area contributed by atoms with Gasteiger partial charge in [-0.1, -0.05) is 58.4 Å². The Bertz CT molecular complexity index is 888. The highest BCUT2D eigenvalue weighted by Crippen LogP contribution is 2.32. The van der Waals surface area contributed by atoms with Crippen molar-refractivity contribution in [2.24, 2.45) is 0 Å². The van der Waals surface area contributed by atoms with Crippen LogP contribution in [0.1, 0.15) is 18.7 Å². The molecule has 0 atom stereocenters. The topological polar surface area (TPSA) is 17.8 Å². The second kappa shape index (κ2) is 5.58. The smallest absolute Gasteiger partial charge is 0.141 e. The number of para-hydroxylation sites is 3. The fraction of sp³-hybridized carbons (Fsp3) is 0.105. The molecule has 0 amide bonds. The molecule has 2 aromatic carbocycles. The third-order valence-electron chi connectivity index (χ3n) is 3.96. The Morgan fingerprint density at radius 2 is 1.64 bits per heavy atom. The van der Waals surface area contributed by atoms with Gasteiger partial charge in [0.05, 0.1) is 11.0 Å². The highest BCUT2D eigenvalue weighted by Gasteiger charge is 2.17. The summed E-state index contributed by atoms with van der Waals surface area (Å²) in [5, 5.41) is 0. The molecule has 2 nitrogen and oxygen atoms in total. The molecule has 0 radical (unpaired) electrons. The molecule has 3 heteroatoms. The summed E-state index contributed by atoms with van der Waals surface area (Å²) in [4.78, 5) is 4.89. The summed E-state index contributed by atoms with van der Waals surface area (Å²) in [6.07, 6.45) is 6.35. The van der Waals surface area contributed by atoms with Gasteiger partial charge in [0.2, 0.25) is 0 Å². The SMILES string of the molecule is BrC1=CC=C(c2nc3ccccc3n2-c2ccccc2)CC1. The van der Waals surface area contributed by atoms with Crippen molar-refractivity contribution in [1.29, 1.82) is 0 Å². The Morgan fingerprint density at radius 3 is 2.41 bits per heavy atom. The van der Waals surface area contributed by atoms with E-state index in [9.17, 15) is 0 Å². The number of nitrogens with zero attached hydrogens (tertiary/aromatic N) is 2. The molecule has 1 aliphatic carbocycles. The van der Waals surface area contributed by atoms with Crippen LogP contribution >= 0.6 is 15.9 Å². The number of hydrogen-bond donors (Lipinski definition) is 0. The molecule has 4 rings (SSSR count).